The number of benzene rings is 2. The molecule has 0 saturated carbocycles. The van der Waals surface area contributed by atoms with Crippen molar-refractivity contribution < 1.29 is 23.5 Å². The van der Waals surface area contributed by atoms with Crippen LogP contribution in [0.5, 0.6) is 5.75 Å². The molecule has 0 aliphatic heterocycles. The van der Waals surface area contributed by atoms with Crippen molar-refractivity contribution >= 4 is 67.6 Å². The number of hydrogen-bond acceptors (Lipinski definition) is 7. The Kier molecular flexibility index (Phi) is 8.70. The Morgan fingerprint density at radius 3 is 2.64 bits per heavy atom. The first-order chi connectivity index (χ1) is 17.0. The van der Waals surface area contributed by atoms with Gasteiger partial charge in [0.25, 0.3) is 0 Å². The van der Waals surface area contributed by atoms with Gasteiger partial charge >= 0.3 is 6.09 Å². The fourth-order valence-electron chi connectivity index (χ4n) is 2.96. The molecule has 3 rings (SSSR count). The van der Waals surface area contributed by atoms with Crippen LogP contribution in [0.15, 0.2) is 47.7 Å². The molecule has 190 valence electrons. The van der Waals surface area contributed by atoms with Crippen molar-refractivity contribution in [1.29, 1.82) is 0 Å². The highest BCUT2D eigenvalue weighted by atomic mass is 79.9. The highest BCUT2D eigenvalue weighted by molar-refractivity contribution is 9.10. The number of halogens is 3. The normalized spacial score (nSPS) is 11.1. The summed E-state index contributed by atoms with van der Waals surface area (Å²) < 4.78 is 25.9. The van der Waals surface area contributed by atoms with Crippen LogP contribution in [0.2, 0.25) is 5.02 Å². The van der Waals surface area contributed by atoms with E-state index >= 15 is 0 Å². The Labute approximate surface area is 220 Å². The highest BCUT2D eigenvalue weighted by Gasteiger charge is 2.17. The predicted octanol–water partition coefficient (Wildman–Crippen LogP) is 5.96. The molecule has 0 spiro atoms. The molecular weight excluding hydrogens is 557 g/mol. The summed E-state index contributed by atoms with van der Waals surface area (Å²) in [5.41, 5.74) is 0.245. The molecule has 2 aromatic carbocycles. The molecule has 0 fully saturated rings. The Morgan fingerprint density at radius 1 is 1.19 bits per heavy atom. The third-order valence-corrected chi connectivity index (χ3v) is 5.67. The number of alkyl carbamates (subject to hydrolysis) is 1. The second kappa shape index (κ2) is 11.5. The summed E-state index contributed by atoms with van der Waals surface area (Å²) in [7, 11) is 0. The van der Waals surface area contributed by atoms with E-state index in [9.17, 15) is 14.0 Å². The van der Waals surface area contributed by atoms with Crippen molar-refractivity contribution in [3.63, 3.8) is 0 Å². The van der Waals surface area contributed by atoms with E-state index in [-0.39, 0.29) is 24.7 Å². The maximum absolute atomic E-state index is 14.5. The number of carbonyl (C=O) groups is 2. The summed E-state index contributed by atoms with van der Waals surface area (Å²) >= 11 is 9.29. The van der Waals surface area contributed by atoms with Crippen molar-refractivity contribution in [2.45, 2.75) is 26.4 Å². The van der Waals surface area contributed by atoms with E-state index in [1.54, 1.807) is 32.9 Å². The Balaban J connectivity index is 1.87. The molecule has 3 N–H and O–H groups in total. The van der Waals surface area contributed by atoms with Gasteiger partial charge in [-0.25, -0.2) is 19.2 Å². The number of nitrogens with zero attached hydrogens (tertiary/aromatic N) is 2. The molecule has 1 aromatic heterocycles. The lowest BCUT2D eigenvalue weighted by Crippen LogP contribution is -2.34. The molecule has 1 heterocycles. The zero-order valence-corrected chi connectivity index (χ0v) is 22.1. The van der Waals surface area contributed by atoms with E-state index in [4.69, 9.17) is 21.1 Å². The number of amides is 2. The van der Waals surface area contributed by atoms with Crippen molar-refractivity contribution in [3.05, 3.63) is 58.6 Å². The van der Waals surface area contributed by atoms with Gasteiger partial charge in [-0.3, -0.25) is 4.79 Å². The minimum atomic E-state index is -0.624. The van der Waals surface area contributed by atoms with Gasteiger partial charge in [0.2, 0.25) is 5.91 Å². The smallest absolute Gasteiger partial charge is 0.407 e. The SMILES string of the molecule is C=CC(=O)Nc1cc2c(Nc3cc(Cl)c(Br)cc3F)ncnc2cc1OCCNC(=O)OC(C)(C)C. The van der Waals surface area contributed by atoms with Gasteiger partial charge in [-0.2, -0.15) is 0 Å². The Hall–Kier alpha value is -3.44. The first-order valence-electron chi connectivity index (χ1n) is 10.7. The van der Waals surface area contributed by atoms with E-state index in [1.807, 2.05) is 0 Å². The quantitative estimate of drug-likeness (QED) is 0.171. The maximum Gasteiger partial charge on any atom is 0.407 e. The molecule has 3 aromatic rings. The first kappa shape index (κ1) is 27.2. The minimum absolute atomic E-state index is 0.0838. The average Bonchev–Trinajstić information content (AvgIpc) is 2.79. The van der Waals surface area contributed by atoms with Gasteiger partial charge < -0.3 is 25.4 Å². The van der Waals surface area contributed by atoms with Crippen LogP contribution in [-0.4, -0.2) is 40.7 Å². The largest absolute Gasteiger partial charge is 0.489 e. The lowest BCUT2D eigenvalue weighted by Gasteiger charge is -2.20. The second-order valence-corrected chi connectivity index (χ2v) is 9.69. The van der Waals surface area contributed by atoms with Gasteiger partial charge in [0.1, 0.15) is 35.9 Å². The minimum Gasteiger partial charge on any atom is -0.489 e. The van der Waals surface area contributed by atoms with Crippen LogP contribution in [-0.2, 0) is 9.53 Å². The standard InChI is InChI=1S/C24H24BrClFN5O4/c1-5-21(33)31-19-8-13-17(11-20(19)35-7-6-28-23(34)36-24(2,3)4)29-12-30-22(13)32-18-10-15(26)14(25)9-16(18)27/h5,8-12H,1,6-7H2,2-4H3,(H,28,34)(H,31,33)(H,29,30,32). The second-order valence-electron chi connectivity index (χ2n) is 8.43. The topological polar surface area (TPSA) is 114 Å². The van der Waals surface area contributed by atoms with Crippen LogP contribution < -0.4 is 20.7 Å². The van der Waals surface area contributed by atoms with Gasteiger partial charge in [0, 0.05) is 15.9 Å². The lowest BCUT2D eigenvalue weighted by atomic mass is 10.1. The molecule has 0 atom stereocenters. The highest BCUT2D eigenvalue weighted by Crippen LogP contribution is 2.35. The monoisotopic (exact) mass is 579 g/mol. The molecule has 0 saturated heterocycles. The lowest BCUT2D eigenvalue weighted by molar-refractivity contribution is -0.111. The van der Waals surface area contributed by atoms with Crippen LogP contribution in [0.25, 0.3) is 10.9 Å². The molecule has 12 heteroatoms. The van der Waals surface area contributed by atoms with Gasteiger partial charge in [-0.05, 0) is 61.0 Å². The number of nitrogens with one attached hydrogen (secondary N) is 3. The van der Waals surface area contributed by atoms with Crippen LogP contribution in [0.1, 0.15) is 20.8 Å². The number of fused-ring (bicyclic) bond motifs is 1. The number of carbonyl (C=O) groups excluding carboxylic acids is 2. The molecule has 0 aliphatic rings. The fraction of sp³-hybridized carbons (Fsp3) is 0.250. The summed E-state index contributed by atoms with van der Waals surface area (Å²) in [6, 6.07) is 5.85. The zero-order chi connectivity index (χ0) is 26.5. The number of hydrogen-bond donors (Lipinski definition) is 3. The van der Waals surface area contributed by atoms with E-state index in [0.29, 0.717) is 31.8 Å². The van der Waals surface area contributed by atoms with Crippen LogP contribution in [0, 0.1) is 5.82 Å². The summed E-state index contributed by atoms with van der Waals surface area (Å²) in [5.74, 6) is -0.436. The molecule has 0 aliphatic carbocycles. The zero-order valence-electron chi connectivity index (χ0n) is 19.7. The van der Waals surface area contributed by atoms with E-state index in [1.165, 1.54) is 18.5 Å². The Bertz CT molecular complexity index is 1320. The molecule has 0 bridgehead atoms. The maximum atomic E-state index is 14.5. The third kappa shape index (κ3) is 7.28. The molecule has 36 heavy (non-hydrogen) atoms. The van der Waals surface area contributed by atoms with E-state index < -0.39 is 23.4 Å². The van der Waals surface area contributed by atoms with Crippen LogP contribution in [0.4, 0.5) is 26.4 Å². The number of anilines is 3. The van der Waals surface area contributed by atoms with Crippen molar-refractivity contribution in [3.8, 4) is 5.75 Å². The fourth-order valence-corrected chi connectivity index (χ4v) is 3.44. The summed E-state index contributed by atoms with van der Waals surface area (Å²) in [6.45, 7) is 8.98. The predicted molar refractivity (Wildman–Crippen MR) is 140 cm³/mol. The van der Waals surface area contributed by atoms with E-state index in [2.05, 4.69) is 48.4 Å². The molecular formula is C24H24BrClFN5O4. The van der Waals surface area contributed by atoms with E-state index in [0.717, 1.165) is 6.08 Å². The number of ether oxygens (including phenoxy) is 2. The average molecular weight is 581 g/mol. The number of rotatable bonds is 8. The van der Waals surface area contributed by atoms with Crippen molar-refractivity contribution in [1.82, 2.24) is 15.3 Å². The third-order valence-electron chi connectivity index (χ3n) is 4.47. The number of aromatic nitrogens is 2. The molecule has 2 amide bonds. The summed E-state index contributed by atoms with van der Waals surface area (Å²) in [5, 5.41) is 8.97. The van der Waals surface area contributed by atoms with Gasteiger partial charge in [-0.1, -0.05) is 18.2 Å². The molecule has 9 nitrogen and oxygen atoms in total. The summed E-state index contributed by atoms with van der Waals surface area (Å²) in [6.07, 6.45) is 1.84. The first-order valence-corrected chi connectivity index (χ1v) is 11.9. The summed E-state index contributed by atoms with van der Waals surface area (Å²) in [4.78, 5) is 32.3. The van der Waals surface area contributed by atoms with Crippen LogP contribution in [0.3, 0.4) is 0 Å². The van der Waals surface area contributed by atoms with Crippen molar-refractivity contribution in [2.75, 3.05) is 23.8 Å². The molecule has 0 radical (unpaired) electrons. The van der Waals surface area contributed by atoms with Gasteiger partial charge in [0.05, 0.1) is 28.5 Å². The van der Waals surface area contributed by atoms with Crippen molar-refractivity contribution in [2.24, 2.45) is 0 Å². The van der Waals surface area contributed by atoms with Gasteiger partial charge in [0.15, 0.2) is 0 Å². The van der Waals surface area contributed by atoms with Crippen LogP contribution >= 0.6 is 27.5 Å². The molecule has 0 unspecified atom stereocenters. The Morgan fingerprint density at radius 2 is 1.94 bits per heavy atom. The van der Waals surface area contributed by atoms with Gasteiger partial charge in [-0.15, -0.1) is 0 Å².